The molecule has 3 atom stereocenters. The Morgan fingerprint density at radius 3 is 1.05 bits per heavy atom. The van der Waals surface area contributed by atoms with Crippen LogP contribution in [-0.2, 0) is 0 Å². The van der Waals surface area contributed by atoms with E-state index >= 15 is 0 Å². The molecule has 0 aromatic heterocycles. The molecule has 3 nitrogen and oxygen atoms in total. The minimum atomic E-state index is 0.650. The van der Waals surface area contributed by atoms with E-state index in [1.807, 2.05) is 0 Å². The Morgan fingerprint density at radius 1 is 0.545 bits per heavy atom. The first kappa shape index (κ1) is 21.9. The van der Waals surface area contributed by atoms with Gasteiger partial charge in [-0.15, -0.1) is 0 Å². The molecule has 0 aliphatic carbocycles. The molecule has 0 heterocycles. The van der Waals surface area contributed by atoms with Gasteiger partial charge in [0.15, 0.2) is 0 Å². The molecule has 134 valence electrons. The smallest absolute Gasteiger partial charge is 0.00361 e. The number of nitrogens with one attached hydrogen (secondary N) is 3. The molecule has 0 saturated heterocycles. The molecule has 0 spiro atoms. The summed E-state index contributed by atoms with van der Waals surface area (Å²) in [5.74, 6) is 0.824. The second-order valence-electron chi connectivity index (χ2n) is 7.02. The van der Waals surface area contributed by atoms with Crippen LogP contribution in [0.3, 0.4) is 0 Å². The molecule has 0 aromatic rings. The third kappa shape index (κ3) is 12.4. The van der Waals surface area contributed by atoms with Gasteiger partial charge in [0.25, 0.3) is 0 Å². The Balaban J connectivity index is 4.01. The van der Waals surface area contributed by atoms with Crippen LogP contribution in [0.5, 0.6) is 0 Å². The number of hydrogen-bond acceptors (Lipinski definition) is 3. The van der Waals surface area contributed by atoms with Crippen LogP contribution in [0, 0.1) is 5.92 Å². The Hall–Kier alpha value is -0.120. The van der Waals surface area contributed by atoms with Crippen molar-refractivity contribution in [1.82, 2.24) is 16.0 Å². The van der Waals surface area contributed by atoms with E-state index < -0.39 is 0 Å². The van der Waals surface area contributed by atoms with Gasteiger partial charge >= 0.3 is 0 Å². The van der Waals surface area contributed by atoms with Gasteiger partial charge in [0, 0.05) is 18.1 Å². The number of hydrogen-bond donors (Lipinski definition) is 3. The molecular weight excluding hydrogens is 270 g/mol. The van der Waals surface area contributed by atoms with Crippen molar-refractivity contribution in [3.05, 3.63) is 0 Å². The lowest BCUT2D eigenvalue weighted by molar-refractivity contribution is 0.362. The van der Waals surface area contributed by atoms with E-state index in [1.165, 1.54) is 38.5 Å². The van der Waals surface area contributed by atoms with Crippen molar-refractivity contribution in [2.75, 3.05) is 19.6 Å². The summed E-state index contributed by atoms with van der Waals surface area (Å²) >= 11 is 0. The zero-order valence-electron chi connectivity index (χ0n) is 16.2. The van der Waals surface area contributed by atoms with E-state index in [4.69, 9.17) is 0 Å². The summed E-state index contributed by atoms with van der Waals surface area (Å²) in [5, 5.41) is 10.9. The maximum atomic E-state index is 3.64. The third-order valence-electron chi connectivity index (χ3n) is 4.97. The van der Waals surface area contributed by atoms with Crippen molar-refractivity contribution < 1.29 is 0 Å². The molecule has 3 N–H and O–H groups in total. The zero-order chi connectivity index (χ0) is 16.8. The SMILES string of the molecule is CCC(C)NCCC(CCNC(C)CC)CCNC(C)CC. The summed E-state index contributed by atoms with van der Waals surface area (Å²) < 4.78 is 0. The predicted molar refractivity (Wildman–Crippen MR) is 101 cm³/mol. The van der Waals surface area contributed by atoms with Crippen molar-refractivity contribution >= 4 is 0 Å². The summed E-state index contributed by atoms with van der Waals surface area (Å²) in [6, 6.07) is 1.95. The van der Waals surface area contributed by atoms with Gasteiger partial charge in [0.1, 0.15) is 0 Å². The molecular formula is C19H43N3. The highest BCUT2D eigenvalue weighted by molar-refractivity contribution is 4.69. The van der Waals surface area contributed by atoms with E-state index in [0.717, 1.165) is 25.6 Å². The molecule has 0 radical (unpaired) electrons. The third-order valence-corrected chi connectivity index (χ3v) is 4.97. The summed E-state index contributed by atoms with van der Waals surface area (Å²) in [4.78, 5) is 0. The largest absolute Gasteiger partial charge is 0.314 e. The standard InChI is InChI=1S/C19H43N3/c1-7-16(4)20-13-10-19(11-14-21-17(5)8-2)12-15-22-18(6)9-3/h16-22H,7-15H2,1-6H3. The van der Waals surface area contributed by atoms with Crippen LogP contribution in [0.4, 0.5) is 0 Å². The van der Waals surface area contributed by atoms with Crippen molar-refractivity contribution in [3.63, 3.8) is 0 Å². The van der Waals surface area contributed by atoms with Crippen LogP contribution in [0.15, 0.2) is 0 Å². The first-order valence-electron chi connectivity index (χ1n) is 9.73. The van der Waals surface area contributed by atoms with Gasteiger partial charge < -0.3 is 16.0 Å². The summed E-state index contributed by atoms with van der Waals surface area (Å²) in [7, 11) is 0. The summed E-state index contributed by atoms with van der Waals surface area (Å²) in [6.45, 7) is 17.1. The molecule has 22 heavy (non-hydrogen) atoms. The van der Waals surface area contributed by atoms with Crippen LogP contribution in [0.25, 0.3) is 0 Å². The van der Waals surface area contributed by atoms with Crippen molar-refractivity contribution in [3.8, 4) is 0 Å². The average Bonchev–Trinajstić information content (AvgIpc) is 2.53. The molecule has 0 bridgehead atoms. The van der Waals surface area contributed by atoms with Crippen molar-refractivity contribution in [2.45, 2.75) is 98.2 Å². The normalized spacial score (nSPS) is 17.2. The first-order chi connectivity index (χ1) is 10.5. The van der Waals surface area contributed by atoms with E-state index in [0.29, 0.717) is 18.1 Å². The van der Waals surface area contributed by atoms with Crippen LogP contribution in [0.1, 0.15) is 80.1 Å². The van der Waals surface area contributed by atoms with Gasteiger partial charge in [-0.25, -0.2) is 0 Å². The second kappa shape index (κ2) is 14.5. The van der Waals surface area contributed by atoms with Gasteiger partial charge in [-0.1, -0.05) is 20.8 Å². The Kier molecular flexibility index (Phi) is 14.4. The fourth-order valence-corrected chi connectivity index (χ4v) is 2.47. The zero-order valence-corrected chi connectivity index (χ0v) is 16.2. The highest BCUT2D eigenvalue weighted by atomic mass is 14.9. The lowest BCUT2D eigenvalue weighted by Crippen LogP contribution is -2.32. The molecule has 3 heteroatoms. The van der Waals surface area contributed by atoms with Gasteiger partial charge in [-0.05, 0) is 84.8 Å². The fourth-order valence-electron chi connectivity index (χ4n) is 2.47. The lowest BCUT2D eigenvalue weighted by atomic mass is 9.96. The van der Waals surface area contributed by atoms with E-state index in [9.17, 15) is 0 Å². The average molecular weight is 314 g/mol. The van der Waals surface area contributed by atoms with Gasteiger partial charge in [-0.3, -0.25) is 0 Å². The van der Waals surface area contributed by atoms with E-state index in [2.05, 4.69) is 57.5 Å². The second-order valence-corrected chi connectivity index (χ2v) is 7.02. The van der Waals surface area contributed by atoms with Crippen LogP contribution in [0.2, 0.25) is 0 Å². The molecule has 3 unspecified atom stereocenters. The van der Waals surface area contributed by atoms with Crippen LogP contribution >= 0.6 is 0 Å². The Bertz CT molecular complexity index is 195. The highest BCUT2D eigenvalue weighted by Gasteiger charge is 2.10. The van der Waals surface area contributed by atoms with E-state index in [1.54, 1.807) is 0 Å². The highest BCUT2D eigenvalue weighted by Crippen LogP contribution is 2.13. The predicted octanol–water partition coefficient (Wildman–Crippen LogP) is 3.94. The maximum Gasteiger partial charge on any atom is 0.00361 e. The molecule has 0 saturated carbocycles. The van der Waals surface area contributed by atoms with Gasteiger partial charge in [0.2, 0.25) is 0 Å². The molecule has 0 fully saturated rings. The van der Waals surface area contributed by atoms with E-state index in [-0.39, 0.29) is 0 Å². The minimum absolute atomic E-state index is 0.650. The molecule has 0 amide bonds. The first-order valence-corrected chi connectivity index (χ1v) is 9.73. The minimum Gasteiger partial charge on any atom is -0.314 e. The van der Waals surface area contributed by atoms with Gasteiger partial charge in [-0.2, -0.15) is 0 Å². The number of rotatable bonds is 15. The topological polar surface area (TPSA) is 36.1 Å². The Morgan fingerprint density at radius 2 is 0.818 bits per heavy atom. The molecule has 0 aliphatic heterocycles. The van der Waals surface area contributed by atoms with Crippen LogP contribution in [-0.4, -0.2) is 37.8 Å². The molecule has 0 rings (SSSR count). The lowest BCUT2D eigenvalue weighted by Gasteiger charge is -2.21. The van der Waals surface area contributed by atoms with Crippen molar-refractivity contribution in [2.24, 2.45) is 5.92 Å². The summed E-state index contributed by atoms with van der Waals surface area (Å²) in [6.07, 6.45) is 7.56. The van der Waals surface area contributed by atoms with Crippen molar-refractivity contribution in [1.29, 1.82) is 0 Å². The quantitative estimate of drug-likeness (QED) is 0.428. The van der Waals surface area contributed by atoms with Gasteiger partial charge in [0.05, 0.1) is 0 Å². The Labute approximate surface area is 140 Å². The van der Waals surface area contributed by atoms with Crippen LogP contribution < -0.4 is 16.0 Å². The maximum absolute atomic E-state index is 3.64. The molecule has 0 aliphatic rings. The fraction of sp³-hybridized carbons (Fsp3) is 1.00. The summed E-state index contributed by atoms with van der Waals surface area (Å²) in [5.41, 5.74) is 0. The molecule has 0 aromatic carbocycles. The monoisotopic (exact) mass is 313 g/mol.